The van der Waals surface area contributed by atoms with E-state index in [1.807, 2.05) is 0 Å². The van der Waals surface area contributed by atoms with Crippen LogP contribution in [0.15, 0.2) is 18.2 Å². The molecule has 0 radical (unpaired) electrons. The van der Waals surface area contributed by atoms with Crippen molar-refractivity contribution in [2.24, 2.45) is 0 Å². The van der Waals surface area contributed by atoms with Crippen LogP contribution in [0.3, 0.4) is 0 Å². The van der Waals surface area contributed by atoms with Crippen LogP contribution in [0.25, 0.3) is 4.96 Å². The van der Waals surface area contributed by atoms with Crippen molar-refractivity contribution in [3.8, 4) is 0 Å². The first-order valence-electron chi connectivity index (χ1n) is 6.13. The maximum absolute atomic E-state index is 12.7. The fourth-order valence-electron chi connectivity index (χ4n) is 1.80. The number of nitrogens with zero attached hydrogens (tertiary/aromatic N) is 4. The van der Waals surface area contributed by atoms with Gasteiger partial charge in [-0.25, -0.2) is 0 Å². The molecule has 3 rings (SSSR count). The summed E-state index contributed by atoms with van der Waals surface area (Å²) in [7, 11) is 0. The first kappa shape index (κ1) is 15.7. The number of carbonyl (C=O) groups excluding carboxylic acids is 1. The number of alkyl halides is 3. The predicted octanol–water partition coefficient (Wildman–Crippen LogP) is 3.42. The van der Waals surface area contributed by atoms with Gasteiger partial charge in [0.1, 0.15) is 0 Å². The molecule has 0 saturated carbocycles. The summed E-state index contributed by atoms with van der Waals surface area (Å²) in [5.74, 6) is -1.93. The van der Waals surface area contributed by atoms with Gasteiger partial charge in [-0.15, -0.1) is 15.3 Å². The quantitative estimate of drug-likeness (QED) is 0.759. The average molecular weight is 362 g/mol. The van der Waals surface area contributed by atoms with Crippen LogP contribution in [0.1, 0.15) is 21.2 Å². The average Bonchev–Trinajstić information content (AvgIpc) is 3.02. The molecule has 23 heavy (non-hydrogen) atoms. The second kappa shape index (κ2) is 5.46. The number of amides is 1. The lowest BCUT2D eigenvalue weighted by Gasteiger charge is -2.07. The van der Waals surface area contributed by atoms with Crippen LogP contribution in [-0.2, 0) is 6.18 Å². The van der Waals surface area contributed by atoms with Gasteiger partial charge in [0.05, 0.1) is 0 Å². The predicted molar refractivity (Wildman–Crippen MR) is 77.8 cm³/mol. The molecule has 1 aromatic carbocycles. The third kappa shape index (κ3) is 2.86. The van der Waals surface area contributed by atoms with Crippen molar-refractivity contribution in [1.29, 1.82) is 0 Å². The summed E-state index contributed by atoms with van der Waals surface area (Å²) in [6, 6.07) is 4.93. The van der Waals surface area contributed by atoms with Gasteiger partial charge in [0.15, 0.2) is 0 Å². The number of hydrogen-bond donors (Lipinski definition) is 1. The third-order valence-corrected chi connectivity index (χ3v) is 4.26. The van der Waals surface area contributed by atoms with E-state index >= 15 is 0 Å². The number of hydrogen-bond acceptors (Lipinski definition) is 5. The largest absolute Gasteiger partial charge is 0.453 e. The first-order chi connectivity index (χ1) is 10.8. The van der Waals surface area contributed by atoms with Crippen LogP contribution >= 0.6 is 22.9 Å². The van der Waals surface area contributed by atoms with E-state index in [1.165, 1.54) is 0 Å². The van der Waals surface area contributed by atoms with Gasteiger partial charge in [0.2, 0.25) is 9.97 Å². The standard InChI is InChI=1S/C12H7ClF3N5OS/c1-5-6(13)3-2-4-7(5)17-8(22)9-20-21-10(12(14,15)16)18-19-11(21)23-9/h2-4H,1H3,(H,17,22). The molecular formula is C12H7ClF3N5OS. The molecular weight excluding hydrogens is 355 g/mol. The SMILES string of the molecule is Cc1c(Cl)cccc1NC(=O)c1nn2c(C(F)(F)F)nnc2s1. The Kier molecular flexibility index (Phi) is 3.72. The number of rotatable bonds is 2. The summed E-state index contributed by atoms with van der Waals surface area (Å²) >= 11 is 6.65. The molecule has 1 N–H and O–H groups in total. The molecule has 2 aromatic heterocycles. The van der Waals surface area contributed by atoms with E-state index in [9.17, 15) is 18.0 Å². The molecule has 0 aliphatic heterocycles. The van der Waals surface area contributed by atoms with E-state index in [1.54, 1.807) is 25.1 Å². The molecule has 120 valence electrons. The van der Waals surface area contributed by atoms with E-state index < -0.39 is 17.9 Å². The number of benzene rings is 1. The van der Waals surface area contributed by atoms with Gasteiger partial charge in [-0.1, -0.05) is 29.0 Å². The zero-order chi connectivity index (χ0) is 16.8. The molecule has 0 bridgehead atoms. The van der Waals surface area contributed by atoms with Gasteiger partial charge in [-0.3, -0.25) is 4.79 Å². The second-order valence-electron chi connectivity index (χ2n) is 4.49. The van der Waals surface area contributed by atoms with Crippen molar-refractivity contribution >= 4 is 39.5 Å². The van der Waals surface area contributed by atoms with E-state index in [-0.39, 0.29) is 9.97 Å². The highest BCUT2D eigenvalue weighted by Crippen LogP contribution is 2.29. The van der Waals surface area contributed by atoms with Crippen LogP contribution in [0, 0.1) is 6.92 Å². The molecule has 0 fully saturated rings. The van der Waals surface area contributed by atoms with E-state index in [4.69, 9.17) is 11.6 Å². The molecule has 1 amide bonds. The fourth-order valence-corrected chi connectivity index (χ4v) is 2.71. The summed E-state index contributed by atoms with van der Waals surface area (Å²) in [6.07, 6.45) is -4.70. The van der Waals surface area contributed by atoms with Crippen LogP contribution < -0.4 is 5.32 Å². The van der Waals surface area contributed by atoms with Gasteiger partial charge in [0, 0.05) is 10.7 Å². The number of aromatic nitrogens is 4. The Morgan fingerprint density at radius 2 is 2.09 bits per heavy atom. The maximum Gasteiger partial charge on any atom is 0.453 e. The lowest BCUT2D eigenvalue weighted by Crippen LogP contribution is -2.15. The molecule has 0 saturated heterocycles. The lowest BCUT2D eigenvalue weighted by molar-refractivity contribution is -0.146. The highest BCUT2D eigenvalue weighted by Gasteiger charge is 2.38. The van der Waals surface area contributed by atoms with Crippen LogP contribution in [0.2, 0.25) is 5.02 Å². The highest BCUT2D eigenvalue weighted by molar-refractivity contribution is 7.18. The molecule has 0 atom stereocenters. The Morgan fingerprint density at radius 1 is 1.35 bits per heavy atom. The van der Waals surface area contributed by atoms with Crippen LogP contribution in [0.4, 0.5) is 18.9 Å². The minimum absolute atomic E-state index is 0.120. The summed E-state index contributed by atoms with van der Waals surface area (Å²) in [4.78, 5) is 12.0. The molecule has 0 aliphatic carbocycles. The Balaban J connectivity index is 1.93. The van der Waals surface area contributed by atoms with Gasteiger partial charge < -0.3 is 5.32 Å². The monoisotopic (exact) mass is 361 g/mol. The van der Waals surface area contributed by atoms with E-state index in [0.717, 1.165) is 0 Å². The summed E-state index contributed by atoms with van der Waals surface area (Å²) < 4.78 is 38.7. The van der Waals surface area contributed by atoms with Crippen molar-refractivity contribution < 1.29 is 18.0 Å². The van der Waals surface area contributed by atoms with Crippen molar-refractivity contribution in [3.63, 3.8) is 0 Å². The number of anilines is 1. The smallest absolute Gasteiger partial charge is 0.320 e. The highest BCUT2D eigenvalue weighted by atomic mass is 35.5. The Morgan fingerprint density at radius 3 is 2.78 bits per heavy atom. The zero-order valence-electron chi connectivity index (χ0n) is 11.3. The molecule has 0 unspecified atom stereocenters. The summed E-state index contributed by atoms with van der Waals surface area (Å²) in [5, 5.41) is 12.9. The molecule has 6 nitrogen and oxygen atoms in total. The van der Waals surface area contributed by atoms with Gasteiger partial charge in [-0.2, -0.15) is 17.7 Å². The molecule has 0 spiro atoms. The summed E-state index contributed by atoms with van der Waals surface area (Å²) in [6.45, 7) is 1.71. The second-order valence-corrected chi connectivity index (χ2v) is 5.85. The van der Waals surface area contributed by atoms with Gasteiger partial charge >= 0.3 is 6.18 Å². The third-order valence-electron chi connectivity index (χ3n) is 2.95. The number of halogens is 4. The van der Waals surface area contributed by atoms with Crippen molar-refractivity contribution in [2.45, 2.75) is 13.1 Å². The van der Waals surface area contributed by atoms with Gasteiger partial charge in [0.25, 0.3) is 11.7 Å². The molecule has 11 heteroatoms. The van der Waals surface area contributed by atoms with E-state index in [0.29, 0.717) is 32.1 Å². The fraction of sp³-hybridized carbons (Fsp3) is 0.167. The van der Waals surface area contributed by atoms with Crippen LogP contribution in [-0.4, -0.2) is 25.7 Å². The minimum Gasteiger partial charge on any atom is -0.320 e. The first-order valence-corrected chi connectivity index (χ1v) is 7.32. The molecule has 3 aromatic rings. The number of fused-ring (bicyclic) bond motifs is 1. The lowest BCUT2D eigenvalue weighted by atomic mass is 10.2. The van der Waals surface area contributed by atoms with Crippen molar-refractivity contribution in [1.82, 2.24) is 19.8 Å². The topological polar surface area (TPSA) is 72.2 Å². The molecule has 2 heterocycles. The van der Waals surface area contributed by atoms with Crippen molar-refractivity contribution in [2.75, 3.05) is 5.32 Å². The molecule has 0 aliphatic rings. The Hall–Kier alpha value is -2.20. The zero-order valence-corrected chi connectivity index (χ0v) is 12.9. The summed E-state index contributed by atoms with van der Waals surface area (Å²) in [5.41, 5.74) is 1.09. The van der Waals surface area contributed by atoms with E-state index in [2.05, 4.69) is 20.6 Å². The number of nitrogens with one attached hydrogen (secondary N) is 1. The van der Waals surface area contributed by atoms with Crippen LogP contribution in [0.5, 0.6) is 0 Å². The minimum atomic E-state index is -4.70. The Bertz CT molecular complexity index is 904. The maximum atomic E-state index is 12.7. The number of carbonyl (C=O) groups is 1. The van der Waals surface area contributed by atoms with Gasteiger partial charge in [-0.05, 0) is 24.6 Å². The normalized spacial score (nSPS) is 11.9. The Labute approximate surface area is 135 Å². The van der Waals surface area contributed by atoms with Crippen molar-refractivity contribution in [3.05, 3.63) is 39.6 Å².